The zero-order chi connectivity index (χ0) is 17.3. The van der Waals surface area contributed by atoms with Crippen LogP contribution in [0.3, 0.4) is 0 Å². The summed E-state index contributed by atoms with van der Waals surface area (Å²) >= 11 is 0. The predicted molar refractivity (Wildman–Crippen MR) is 88.4 cm³/mol. The highest BCUT2D eigenvalue weighted by Crippen LogP contribution is 2.19. The number of hydrogen-bond acceptors (Lipinski definition) is 5. The van der Waals surface area contributed by atoms with E-state index in [9.17, 15) is 4.79 Å². The minimum atomic E-state index is -0.214. The Hall–Kier alpha value is -2.83. The number of aromatic nitrogens is 2. The molecule has 0 radical (unpaired) electrons. The van der Waals surface area contributed by atoms with E-state index in [1.807, 2.05) is 39.0 Å². The van der Waals surface area contributed by atoms with E-state index in [0.717, 1.165) is 33.7 Å². The minimum Gasteiger partial charge on any atom is -0.439 e. The molecule has 126 valence electrons. The number of aryl methyl sites for hydroxylation is 3. The van der Waals surface area contributed by atoms with Crippen molar-refractivity contribution < 1.29 is 13.7 Å². The van der Waals surface area contributed by atoms with Gasteiger partial charge in [-0.05, 0) is 32.4 Å². The fourth-order valence-electron chi connectivity index (χ4n) is 2.53. The molecule has 1 aromatic carbocycles. The van der Waals surface area contributed by atoms with Gasteiger partial charge >= 0.3 is 6.03 Å². The van der Waals surface area contributed by atoms with Gasteiger partial charge in [0.05, 0.1) is 18.8 Å². The minimum absolute atomic E-state index is 0.214. The molecule has 0 aliphatic rings. The Labute approximate surface area is 139 Å². The summed E-state index contributed by atoms with van der Waals surface area (Å²) in [6.45, 7) is 6.34. The molecular formula is C17H20N4O3. The summed E-state index contributed by atoms with van der Waals surface area (Å²) in [4.78, 5) is 18.2. The van der Waals surface area contributed by atoms with Gasteiger partial charge in [0.1, 0.15) is 11.3 Å². The molecule has 2 heterocycles. The third-order valence-electron chi connectivity index (χ3n) is 3.98. The lowest BCUT2D eigenvalue weighted by Gasteiger charge is -2.17. The summed E-state index contributed by atoms with van der Waals surface area (Å²) in [6, 6.07) is 5.55. The Morgan fingerprint density at radius 1 is 1.29 bits per heavy atom. The standard InChI is InChI=1S/C17H20N4O3/c1-10-6-5-7-14-16(10)19-15(23-14)8-18-17(22)21(4)9-13-11(2)20-24-12(13)3/h5-7H,8-9H2,1-4H3,(H,18,22). The van der Waals surface area contributed by atoms with Crippen molar-refractivity contribution in [2.24, 2.45) is 0 Å². The van der Waals surface area contributed by atoms with Crippen molar-refractivity contribution in [2.75, 3.05) is 7.05 Å². The van der Waals surface area contributed by atoms with Crippen LogP contribution in [0.5, 0.6) is 0 Å². The molecule has 0 aliphatic heterocycles. The first-order valence-corrected chi connectivity index (χ1v) is 7.71. The third kappa shape index (κ3) is 3.10. The summed E-state index contributed by atoms with van der Waals surface area (Å²) < 4.78 is 10.8. The maximum Gasteiger partial charge on any atom is 0.317 e. The lowest BCUT2D eigenvalue weighted by molar-refractivity contribution is 0.205. The van der Waals surface area contributed by atoms with E-state index in [1.54, 1.807) is 11.9 Å². The number of amides is 2. The van der Waals surface area contributed by atoms with Crippen LogP contribution in [0.15, 0.2) is 27.1 Å². The quantitative estimate of drug-likeness (QED) is 0.795. The van der Waals surface area contributed by atoms with Gasteiger partial charge in [-0.1, -0.05) is 17.3 Å². The fourth-order valence-corrected chi connectivity index (χ4v) is 2.53. The molecule has 0 aliphatic carbocycles. The third-order valence-corrected chi connectivity index (χ3v) is 3.98. The van der Waals surface area contributed by atoms with Crippen molar-refractivity contribution >= 4 is 17.1 Å². The molecule has 1 N–H and O–H groups in total. The van der Waals surface area contributed by atoms with Crippen LogP contribution in [0.1, 0.15) is 28.5 Å². The Kier molecular flexibility index (Phi) is 4.24. The number of nitrogens with zero attached hydrogens (tertiary/aromatic N) is 3. The molecule has 0 saturated heterocycles. The second kappa shape index (κ2) is 6.35. The zero-order valence-electron chi connectivity index (χ0n) is 14.2. The molecule has 0 fully saturated rings. The van der Waals surface area contributed by atoms with Crippen LogP contribution < -0.4 is 5.32 Å². The largest absolute Gasteiger partial charge is 0.439 e. The smallest absolute Gasteiger partial charge is 0.317 e. The van der Waals surface area contributed by atoms with E-state index in [4.69, 9.17) is 8.94 Å². The molecule has 0 saturated carbocycles. The van der Waals surface area contributed by atoms with E-state index in [-0.39, 0.29) is 12.6 Å². The first-order valence-electron chi connectivity index (χ1n) is 7.71. The molecule has 0 spiro atoms. The summed E-state index contributed by atoms with van der Waals surface area (Å²) in [5, 5.41) is 6.71. The van der Waals surface area contributed by atoms with Crippen molar-refractivity contribution in [3.8, 4) is 0 Å². The van der Waals surface area contributed by atoms with Crippen LogP contribution in [-0.4, -0.2) is 28.1 Å². The van der Waals surface area contributed by atoms with Gasteiger partial charge in [-0.15, -0.1) is 0 Å². The van der Waals surface area contributed by atoms with Crippen molar-refractivity contribution in [2.45, 2.75) is 33.9 Å². The van der Waals surface area contributed by atoms with Gasteiger partial charge in [0.2, 0.25) is 5.89 Å². The van der Waals surface area contributed by atoms with E-state index in [2.05, 4.69) is 15.5 Å². The van der Waals surface area contributed by atoms with Crippen molar-refractivity contribution in [3.63, 3.8) is 0 Å². The van der Waals surface area contributed by atoms with Gasteiger partial charge in [0.25, 0.3) is 0 Å². The summed E-state index contributed by atoms with van der Waals surface area (Å²) in [7, 11) is 1.72. The number of fused-ring (bicyclic) bond motifs is 1. The number of urea groups is 1. The highest BCUT2D eigenvalue weighted by Gasteiger charge is 2.16. The SMILES string of the molecule is Cc1noc(C)c1CN(C)C(=O)NCc1nc2c(C)cccc2o1. The molecular weight excluding hydrogens is 308 g/mol. The van der Waals surface area contributed by atoms with E-state index < -0.39 is 0 Å². The highest BCUT2D eigenvalue weighted by atomic mass is 16.5. The molecule has 24 heavy (non-hydrogen) atoms. The van der Waals surface area contributed by atoms with Gasteiger partial charge in [0.15, 0.2) is 5.58 Å². The number of rotatable bonds is 4. The van der Waals surface area contributed by atoms with Gasteiger partial charge in [-0.25, -0.2) is 9.78 Å². The number of nitrogens with one attached hydrogen (secondary N) is 1. The average molecular weight is 328 g/mol. The fraction of sp³-hybridized carbons (Fsp3) is 0.353. The second-order valence-electron chi connectivity index (χ2n) is 5.85. The Morgan fingerprint density at radius 3 is 2.75 bits per heavy atom. The average Bonchev–Trinajstić information content (AvgIpc) is 3.11. The number of hydrogen-bond donors (Lipinski definition) is 1. The Bertz CT molecular complexity index is 862. The summed E-state index contributed by atoms with van der Waals surface area (Å²) in [5.41, 5.74) is 4.31. The normalized spacial score (nSPS) is 11.0. The van der Waals surface area contributed by atoms with E-state index >= 15 is 0 Å². The van der Waals surface area contributed by atoms with Gasteiger partial charge in [-0.3, -0.25) is 0 Å². The first-order chi connectivity index (χ1) is 11.5. The van der Waals surface area contributed by atoms with Crippen molar-refractivity contribution in [1.29, 1.82) is 0 Å². The number of benzene rings is 1. The maximum atomic E-state index is 12.2. The monoisotopic (exact) mass is 328 g/mol. The maximum absolute atomic E-state index is 12.2. The summed E-state index contributed by atoms with van der Waals surface area (Å²) in [6.07, 6.45) is 0. The Morgan fingerprint density at radius 2 is 2.08 bits per heavy atom. The predicted octanol–water partition coefficient (Wildman–Crippen LogP) is 3.08. The number of oxazole rings is 1. The molecule has 3 rings (SSSR count). The molecule has 0 bridgehead atoms. The van der Waals surface area contributed by atoms with Gasteiger partial charge in [0, 0.05) is 12.6 Å². The van der Waals surface area contributed by atoms with Gasteiger partial charge in [-0.2, -0.15) is 0 Å². The number of carbonyl (C=O) groups is 1. The second-order valence-corrected chi connectivity index (χ2v) is 5.85. The lowest BCUT2D eigenvalue weighted by atomic mass is 10.2. The van der Waals surface area contributed by atoms with Crippen LogP contribution in [0, 0.1) is 20.8 Å². The molecule has 7 heteroatoms. The zero-order valence-corrected chi connectivity index (χ0v) is 14.2. The van der Waals surface area contributed by atoms with E-state index in [0.29, 0.717) is 12.4 Å². The van der Waals surface area contributed by atoms with Crippen molar-refractivity contribution in [3.05, 3.63) is 46.7 Å². The summed E-state index contributed by atoms with van der Waals surface area (Å²) in [5.74, 6) is 1.21. The van der Waals surface area contributed by atoms with Gasteiger partial charge < -0.3 is 19.2 Å². The molecule has 2 amide bonds. The molecule has 3 aromatic rings. The highest BCUT2D eigenvalue weighted by molar-refractivity contribution is 5.76. The van der Waals surface area contributed by atoms with Crippen LogP contribution in [0.25, 0.3) is 11.1 Å². The molecule has 0 unspecified atom stereocenters. The van der Waals surface area contributed by atoms with Crippen LogP contribution in [0.4, 0.5) is 4.79 Å². The van der Waals surface area contributed by atoms with Crippen LogP contribution >= 0.6 is 0 Å². The molecule has 2 aromatic heterocycles. The van der Waals surface area contributed by atoms with E-state index in [1.165, 1.54) is 0 Å². The van der Waals surface area contributed by atoms with Crippen LogP contribution in [-0.2, 0) is 13.1 Å². The Balaban J connectivity index is 1.63. The number of carbonyl (C=O) groups excluding carboxylic acids is 1. The van der Waals surface area contributed by atoms with Crippen LogP contribution in [0.2, 0.25) is 0 Å². The number of para-hydroxylation sites is 1. The molecule has 7 nitrogen and oxygen atoms in total. The van der Waals surface area contributed by atoms with Crippen molar-refractivity contribution in [1.82, 2.24) is 20.4 Å². The topological polar surface area (TPSA) is 84.4 Å². The molecule has 0 atom stereocenters. The lowest BCUT2D eigenvalue weighted by Crippen LogP contribution is -2.36. The first kappa shape index (κ1) is 16.0.